The fourth-order valence-electron chi connectivity index (χ4n) is 2.41. The zero-order valence-electron chi connectivity index (χ0n) is 12.1. The molecule has 3 N–H and O–H groups in total. The zero-order chi connectivity index (χ0) is 14.5. The largest absolute Gasteiger partial charge is 0.462 e. The third-order valence-corrected chi connectivity index (χ3v) is 3.62. The Balaban J connectivity index is 2.01. The summed E-state index contributed by atoms with van der Waals surface area (Å²) in [6.07, 6.45) is 3.91. The highest BCUT2D eigenvalue weighted by molar-refractivity contribution is 5.95. The topological polar surface area (TPSA) is 80.5 Å². The van der Waals surface area contributed by atoms with E-state index in [0.29, 0.717) is 29.7 Å². The normalized spacial score (nSPS) is 19.0. The summed E-state index contributed by atoms with van der Waals surface area (Å²) in [5.74, 6) is 0.246. The van der Waals surface area contributed by atoms with Crippen LogP contribution in [0.15, 0.2) is 12.3 Å². The molecule has 1 unspecified atom stereocenters. The Morgan fingerprint density at radius 3 is 3.10 bits per heavy atom. The first kappa shape index (κ1) is 14.6. The predicted octanol–water partition coefficient (Wildman–Crippen LogP) is 1.35. The van der Waals surface area contributed by atoms with Gasteiger partial charge < -0.3 is 20.7 Å². The SMILES string of the molecule is CCOC(=O)c1cc(NCC2CCCN2C)ncc1N. The third-order valence-electron chi connectivity index (χ3n) is 3.62. The van der Waals surface area contributed by atoms with Crippen molar-refractivity contribution in [1.29, 1.82) is 0 Å². The van der Waals surface area contributed by atoms with Crippen molar-refractivity contribution in [2.75, 3.05) is 37.8 Å². The third kappa shape index (κ3) is 3.39. The van der Waals surface area contributed by atoms with E-state index in [9.17, 15) is 4.79 Å². The van der Waals surface area contributed by atoms with Gasteiger partial charge in [0, 0.05) is 12.6 Å². The van der Waals surface area contributed by atoms with Crippen molar-refractivity contribution in [1.82, 2.24) is 9.88 Å². The second-order valence-corrected chi connectivity index (χ2v) is 5.03. The average Bonchev–Trinajstić information content (AvgIpc) is 2.83. The molecule has 1 aromatic heterocycles. The molecular formula is C14H22N4O2. The second kappa shape index (κ2) is 6.56. The molecule has 110 valence electrons. The molecule has 1 atom stereocenters. The fourth-order valence-corrected chi connectivity index (χ4v) is 2.41. The Kier molecular flexibility index (Phi) is 4.79. The molecule has 1 aliphatic rings. The van der Waals surface area contributed by atoms with Crippen molar-refractivity contribution in [3.8, 4) is 0 Å². The van der Waals surface area contributed by atoms with E-state index < -0.39 is 5.97 Å². The lowest BCUT2D eigenvalue weighted by Gasteiger charge is -2.20. The molecular weight excluding hydrogens is 256 g/mol. The Morgan fingerprint density at radius 2 is 2.45 bits per heavy atom. The molecule has 1 aliphatic heterocycles. The summed E-state index contributed by atoms with van der Waals surface area (Å²) < 4.78 is 4.98. The van der Waals surface area contributed by atoms with Gasteiger partial charge in [-0.2, -0.15) is 0 Å². The highest BCUT2D eigenvalue weighted by atomic mass is 16.5. The number of ether oxygens (including phenoxy) is 1. The van der Waals surface area contributed by atoms with Crippen LogP contribution in [0.1, 0.15) is 30.1 Å². The Bertz CT molecular complexity index is 478. The number of nitrogens with two attached hydrogens (primary N) is 1. The maximum Gasteiger partial charge on any atom is 0.340 e. The van der Waals surface area contributed by atoms with Gasteiger partial charge >= 0.3 is 5.97 Å². The van der Waals surface area contributed by atoms with Crippen LogP contribution in [-0.2, 0) is 4.74 Å². The van der Waals surface area contributed by atoms with Crippen molar-refractivity contribution in [2.24, 2.45) is 0 Å². The van der Waals surface area contributed by atoms with E-state index in [2.05, 4.69) is 22.2 Å². The van der Waals surface area contributed by atoms with E-state index in [0.717, 1.165) is 13.1 Å². The Morgan fingerprint density at radius 1 is 1.65 bits per heavy atom. The number of likely N-dealkylation sites (tertiary alicyclic amines) is 1. The summed E-state index contributed by atoms with van der Waals surface area (Å²) >= 11 is 0. The van der Waals surface area contributed by atoms with Crippen LogP contribution in [0.25, 0.3) is 0 Å². The zero-order valence-corrected chi connectivity index (χ0v) is 12.1. The summed E-state index contributed by atoms with van der Waals surface area (Å²) in [4.78, 5) is 18.3. The number of pyridine rings is 1. The van der Waals surface area contributed by atoms with Gasteiger partial charge in [-0.3, -0.25) is 0 Å². The molecule has 6 heteroatoms. The van der Waals surface area contributed by atoms with E-state index in [-0.39, 0.29) is 0 Å². The molecule has 0 saturated carbocycles. The van der Waals surface area contributed by atoms with E-state index >= 15 is 0 Å². The number of rotatable bonds is 5. The van der Waals surface area contributed by atoms with Crippen molar-refractivity contribution in [3.63, 3.8) is 0 Å². The number of hydrogen-bond donors (Lipinski definition) is 2. The number of hydrogen-bond acceptors (Lipinski definition) is 6. The molecule has 1 aromatic rings. The molecule has 2 rings (SSSR count). The second-order valence-electron chi connectivity index (χ2n) is 5.03. The van der Waals surface area contributed by atoms with E-state index in [1.807, 2.05) is 0 Å². The van der Waals surface area contributed by atoms with Gasteiger partial charge in [0.15, 0.2) is 0 Å². The predicted molar refractivity (Wildman–Crippen MR) is 78.7 cm³/mol. The maximum absolute atomic E-state index is 11.8. The molecule has 0 aliphatic carbocycles. The van der Waals surface area contributed by atoms with Crippen LogP contribution in [-0.4, -0.2) is 48.6 Å². The van der Waals surface area contributed by atoms with Crippen molar-refractivity contribution >= 4 is 17.5 Å². The summed E-state index contributed by atoms with van der Waals surface area (Å²) in [6, 6.07) is 2.17. The lowest BCUT2D eigenvalue weighted by atomic mass is 10.2. The number of nitrogens with one attached hydrogen (secondary N) is 1. The van der Waals surface area contributed by atoms with Crippen LogP contribution >= 0.6 is 0 Å². The van der Waals surface area contributed by atoms with Crippen LogP contribution < -0.4 is 11.1 Å². The minimum atomic E-state index is -0.409. The summed E-state index contributed by atoms with van der Waals surface area (Å²) in [5, 5.41) is 3.27. The van der Waals surface area contributed by atoms with Gasteiger partial charge in [-0.25, -0.2) is 9.78 Å². The lowest BCUT2D eigenvalue weighted by molar-refractivity contribution is 0.0527. The fraction of sp³-hybridized carbons (Fsp3) is 0.571. The highest BCUT2D eigenvalue weighted by Crippen LogP contribution is 2.18. The smallest absolute Gasteiger partial charge is 0.340 e. The van der Waals surface area contributed by atoms with Crippen molar-refractivity contribution in [2.45, 2.75) is 25.8 Å². The number of carbonyl (C=O) groups is 1. The average molecular weight is 278 g/mol. The number of aromatic nitrogens is 1. The van der Waals surface area contributed by atoms with Crippen LogP contribution in [0.2, 0.25) is 0 Å². The van der Waals surface area contributed by atoms with E-state index in [1.165, 1.54) is 19.0 Å². The summed E-state index contributed by atoms with van der Waals surface area (Å²) in [6.45, 7) is 4.05. The van der Waals surface area contributed by atoms with Gasteiger partial charge in [0.1, 0.15) is 5.82 Å². The van der Waals surface area contributed by atoms with Gasteiger partial charge in [-0.15, -0.1) is 0 Å². The Hall–Kier alpha value is -1.82. The van der Waals surface area contributed by atoms with Crippen LogP contribution in [0, 0.1) is 0 Å². The summed E-state index contributed by atoms with van der Waals surface area (Å²) in [7, 11) is 2.12. The van der Waals surface area contributed by atoms with Crippen LogP contribution in [0.5, 0.6) is 0 Å². The molecule has 0 bridgehead atoms. The van der Waals surface area contributed by atoms with Crippen molar-refractivity contribution < 1.29 is 9.53 Å². The number of carbonyl (C=O) groups excluding carboxylic acids is 1. The minimum Gasteiger partial charge on any atom is -0.462 e. The van der Waals surface area contributed by atoms with E-state index in [1.54, 1.807) is 13.0 Å². The van der Waals surface area contributed by atoms with Gasteiger partial charge in [0.25, 0.3) is 0 Å². The standard InChI is InChI=1S/C14H22N4O2/c1-3-20-14(19)11-7-13(17-9-12(11)15)16-8-10-5-4-6-18(10)2/h7,9-10H,3-6,8,15H2,1-2H3,(H,16,17). The quantitative estimate of drug-likeness (QED) is 0.791. The van der Waals surface area contributed by atoms with E-state index in [4.69, 9.17) is 10.5 Å². The highest BCUT2D eigenvalue weighted by Gasteiger charge is 2.20. The molecule has 0 radical (unpaired) electrons. The van der Waals surface area contributed by atoms with Gasteiger partial charge in [-0.1, -0.05) is 0 Å². The van der Waals surface area contributed by atoms with Gasteiger partial charge in [0.2, 0.25) is 0 Å². The number of likely N-dealkylation sites (N-methyl/N-ethyl adjacent to an activating group) is 1. The van der Waals surface area contributed by atoms with Crippen LogP contribution in [0.4, 0.5) is 11.5 Å². The molecule has 1 fully saturated rings. The van der Waals surface area contributed by atoms with Gasteiger partial charge in [-0.05, 0) is 39.4 Å². The first-order chi connectivity index (χ1) is 9.61. The molecule has 0 spiro atoms. The molecule has 0 amide bonds. The molecule has 2 heterocycles. The summed E-state index contributed by atoms with van der Waals surface area (Å²) in [5.41, 5.74) is 6.47. The first-order valence-corrected chi connectivity index (χ1v) is 6.98. The number of anilines is 2. The number of nitrogen functional groups attached to an aromatic ring is 1. The number of esters is 1. The molecule has 0 aromatic carbocycles. The molecule has 6 nitrogen and oxygen atoms in total. The van der Waals surface area contributed by atoms with Crippen LogP contribution in [0.3, 0.4) is 0 Å². The molecule has 20 heavy (non-hydrogen) atoms. The minimum absolute atomic E-state index is 0.330. The van der Waals surface area contributed by atoms with Crippen molar-refractivity contribution in [3.05, 3.63) is 17.8 Å². The monoisotopic (exact) mass is 278 g/mol. The first-order valence-electron chi connectivity index (χ1n) is 6.98. The lowest BCUT2D eigenvalue weighted by Crippen LogP contribution is -2.31. The van der Waals surface area contributed by atoms with Gasteiger partial charge in [0.05, 0.1) is 24.1 Å². The molecule has 1 saturated heterocycles. The maximum atomic E-state index is 11.8. The number of nitrogens with zero attached hydrogens (tertiary/aromatic N) is 2. The Labute approximate surface area is 119 Å².